The summed E-state index contributed by atoms with van der Waals surface area (Å²) in [5.41, 5.74) is 0.510. The number of piperidine rings is 1. The molecule has 2 aliphatic heterocycles. The van der Waals surface area contributed by atoms with Gasteiger partial charge in [0, 0.05) is 63.3 Å². The Morgan fingerprint density at radius 2 is 1.44 bits per heavy atom. The Labute approximate surface area is 410 Å². The molecular weight excluding hydrogens is 917 g/mol. The number of methoxy groups -OCH3 is 3. The first-order valence-corrected chi connectivity index (χ1v) is 24.9. The molecule has 3 heterocycles. The fraction of sp³-hybridized carbons (Fsp3) is 0.453. The third-order valence-electron chi connectivity index (χ3n) is 13.0. The topological polar surface area (TPSA) is 159 Å². The van der Waals surface area contributed by atoms with Crippen LogP contribution >= 0.6 is 8.53 Å². The summed E-state index contributed by atoms with van der Waals surface area (Å²) in [5.74, 6) is -0.536. The van der Waals surface area contributed by atoms with E-state index < -0.39 is 55.5 Å². The first-order chi connectivity index (χ1) is 33.9. The van der Waals surface area contributed by atoms with Crippen LogP contribution in [0.1, 0.15) is 76.3 Å². The minimum Gasteiger partial charge on any atom is -0.497 e. The van der Waals surface area contributed by atoms with Gasteiger partial charge < -0.3 is 42.4 Å². The fourth-order valence-corrected chi connectivity index (χ4v) is 11.4. The highest BCUT2D eigenvalue weighted by Gasteiger charge is 2.51. The number of ether oxygens (including phenoxy) is 6. The summed E-state index contributed by atoms with van der Waals surface area (Å²) < 4.78 is 70.7. The van der Waals surface area contributed by atoms with Crippen LogP contribution in [0.2, 0.25) is 0 Å². The molecule has 5 atom stereocenters. The van der Waals surface area contributed by atoms with Crippen LogP contribution in [0.15, 0.2) is 125 Å². The molecule has 4 aromatic carbocycles. The Bertz CT molecular complexity index is 2530. The number of nitrogens with zero attached hydrogens (tertiary/aromatic N) is 4. The molecule has 1 N–H and O–H groups in total. The van der Waals surface area contributed by atoms with E-state index in [0.29, 0.717) is 49.5 Å². The number of aromatic amines is 1. The normalized spacial score (nSPS) is 19.7. The average molecular weight is 982 g/mol. The van der Waals surface area contributed by atoms with Crippen molar-refractivity contribution < 1.29 is 41.9 Å². The first kappa shape index (κ1) is 52.4. The molecule has 0 bridgehead atoms. The zero-order chi connectivity index (χ0) is 49.8. The molecule has 0 amide bonds. The monoisotopic (exact) mass is 981 g/mol. The summed E-state index contributed by atoms with van der Waals surface area (Å²) in [4.78, 5) is 30.7. The van der Waals surface area contributed by atoms with E-state index in [1.54, 1.807) is 33.5 Å². The smallest absolute Gasteiger partial charge is 0.330 e. The second kappa shape index (κ2) is 24.1. The van der Waals surface area contributed by atoms with Crippen molar-refractivity contribution in [2.75, 3.05) is 59.1 Å². The zero-order valence-electron chi connectivity index (χ0n) is 41.0. The van der Waals surface area contributed by atoms with Gasteiger partial charge in [0.1, 0.15) is 41.4 Å². The number of aromatic nitrogens is 2. The number of hydrogen-bond acceptors (Lipinski definition) is 13. The predicted molar refractivity (Wildman–Crippen MR) is 265 cm³/mol. The van der Waals surface area contributed by atoms with Gasteiger partial charge in [0.05, 0.1) is 52.2 Å². The van der Waals surface area contributed by atoms with Gasteiger partial charge in [0.2, 0.25) is 0 Å². The van der Waals surface area contributed by atoms with Crippen molar-refractivity contribution in [3.8, 4) is 17.6 Å². The number of benzene rings is 4. The average Bonchev–Trinajstić information content (AvgIpc) is 3.70. The van der Waals surface area contributed by atoms with E-state index in [9.17, 15) is 19.2 Å². The maximum absolute atomic E-state index is 14.9. The van der Waals surface area contributed by atoms with Crippen molar-refractivity contribution in [2.45, 2.75) is 95.3 Å². The van der Waals surface area contributed by atoms with Crippen LogP contribution in [0.4, 0.5) is 10.1 Å². The lowest BCUT2D eigenvalue weighted by molar-refractivity contribution is -0.235. The van der Waals surface area contributed by atoms with Crippen molar-refractivity contribution in [3.05, 3.63) is 159 Å². The number of halogens is 1. The molecule has 2 saturated heterocycles. The van der Waals surface area contributed by atoms with E-state index in [4.69, 9.17) is 37.5 Å². The van der Waals surface area contributed by atoms with Crippen molar-refractivity contribution in [1.29, 1.82) is 5.26 Å². The summed E-state index contributed by atoms with van der Waals surface area (Å²) in [6.07, 6.45) is 0.136. The lowest BCUT2D eigenvalue weighted by Gasteiger charge is -2.42. The largest absolute Gasteiger partial charge is 0.497 e. The van der Waals surface area contributed by atoms with Crippen LogP contribution < -0.4 is 25.6 Å². The molecule has 2 aliphatic rings. The van der Waals surface area contributed by atoms with Gasteiger partial charge in [0.25, 0.3) is 14.1 Å². The van der Waals surface area contributed by atoms with E-state index >= 15 is 0 Å². The molecule has 5 aromatic rings. The van der Waals surface area contributed by atoms with Crippen LogP contribution in [0.3, 0.4) is 0 Å². The second-order valence-electron chi connectivity index (χ2n) is 17.9. The van der Waals surface area contributed by atoms with E-state index in [0.717, 1.165) is 16.7 Å². The Hall–Kier alpha value is -5.47. The van der Waals surface area contributed by atoms with Crippen molar-refractivity contribution in [1.82, 2.24) is 14.2 Å². The Kier molecular flexibility index (Phi) is 18.0. The van der Waals surface area contributed by atoms with Crippen LogP contribution in [-0.4, -0.2) is 98.5 Å². The molecule has 17 heteroatoms. The van der Waals surface area contributed by atoms with Crippen LogP contribution in [0, 0.1) is 23.1 Å². The van der Waals surface area contributed by atoms with E-state index in [1.807, 2.05) is 89.8 Å². The highest BCUT2D eigenvalue weighted by molar-refractivity contribution is 7.44. The fourth-order valence-electron chi connectivity index (χ4n) is 9.55. The molecule has 7 rings (SSSR count). The molecule has 70 heavy (non-hydrogen) atoms. The lowest BCUT2D eigenvalue weighted by Crippen LogP contribution is -2.48. The number of nitriles is 1. The molecule has 1 aromatic heterocycles. The third-order valence-corrected chi connectivity index (χ3v) is 15.1. The molecule has 0 radical (unpaired) electrons. The van der Waals surface area contributed by atoms with Crippen LogP contribution in [0.25, 0.3) is 0 Å². The number of para-hydroxylation sites is 1. The van der Waals surface area contributed by atoms with Crippen molar-refractivity contribution in [2.24, 2.45) is 5.92 Å². The quantitative estimate of drug-likeness (QED) is 0.0287. The second-order valence-corrected chi connectivity index (χ2v) is 19.3. The van der Waals surface area contributed by atoms with E-state index in [-0.39, 0.29) is 44.1 Å². The standard InChI is InChI=1S/C53H65FN5O10P/c1-37(2)59(38(3)4)70(67-34-13-30-55)69-49-44(27-35-65-52(64-7)28-32-57(33-29-52)46-17-12-11-16-45(46)54)50(58-31-26-48(60)56-51(58)61)68-47(49)36-66-53(39-14-9-8-10-15-39,40-18-22-42(62-5)23-19-40)41-20-24-43(63-6)25-21-41/h8-12,14-26,31,37-38,44,47,49-50H,13,27-29,32-36H2,1-7H3,(H,56,60,61)/t44-,47-,49+,50-,70?/m1/s1. The highest BCUT2D eigenvalue weighted by atomic mass is 31.2. The van der Waals surface area contributed by atoms with E-state index in [2.05, 4.69) is 43.4 Å². The van der Waals surface area contributed by atoms with Crippen LogP contribution in [0.5, 0.6) is 11.5 Å². The maximum Gasteiger partial charge on any atom is 0.330 e. The summed E-state index contributed by atoms with van der Waals surface area (Å²) in [5, 5.41) is 9.60. The number of rotatable bonds is 23. The third kappa shape index (κ3) is 11.8. The summed E-state index contributed by atoms with van der Waals surface area (Å²) in [7, 11) is 2.99. The minimum absolute atomic E-state index is 0.0303. The zero-order valence-corrected chi connectivity index (χ0v) is 41.9. The molecule has 374 valence electrons. The molecular formula is C53H65FN5O10P. The molecule has 0 saturated carbocycles. The summed E-state index contributed by atoms with van der Waals surface area (Å²) >= 11 is 0. The van der Waals surface area contributed by atoms with Gasteiger partial charge in [-0.3, -0.25) is 14.3 Å². The Morgan fingerprint density at radius 1 is 0.843 bits per heavy atom. The van der Waals surface area contributed by atoms with Gasteiger partial charge in [-0.05, 0) is 87.2 Å². The van der Waals surface area contributed by atoms with Gasteiger partial charge in [-0.15, -0.1) is 0 Å². The first-order valence-electron chi connectivity index (χ1n) is 23.8. The minimum atomic E-state index is -1.86. The Morgan fingerprint density at radius 3 is 2.00 bits per heavy atom. The lowest BCUT2D eigenvalue weighted by atomic mass is 9.80. The number of anilines is 1. The SMILES string of the molecule is COc1ccc(C(OC[C@H]2O[C@@H](n3ccc(=O)[nH]c3=O)[C@H](CCOC3(OC)CCN(c4ccccc4F)CC3)[C@@H]2OP(OCCC#N)N(C(C)C)C(C)C)(c2ccccc2)c2ccc(OC)cc2)cc1. The summed E-state index contributed by atoms with van der Waals surface area (Å²) in [6, 6.07) is 35.5. The summed E-state index contributed by atoms with van der Waals surface area (Å²) in [6.45, 7) is 9.45. The maximum atomic E-state index is 14.9. The highest BCUT2D eigenvalue weighted by Crippen LogP contribution is 2.53. The number of nitrogens with one attached hydrogen (secondary N) is 1. The van der Waals surface area contributed by atoms with Gasteiger partial charge in [-0.25, -0.2) is 13.9 Å². The van der Waals surface area contributed by atoms with Crippen LogP contribution in [-0.2, 0) is 33.6 Å². The number of hydrogen-bond donors (Lipinski definition) is 1. The predicted octanol–water partition coefficient (Wildman–Crippen LogP) is 8.93. The molecule has 0 spiro atoms. The van der Waals surface area contributed by atoms with Gasteiger partial charge in [0.15, 0.2) is 5.79 Å². The molecule has 1 unspecified atom stereocenters. The van der Waals surface area contributed by atoms with Crippen molar-refractivity contribution >= 4 is 14.2 Å². The van der Waals surface area contributed by atoms with Gasteiger partial charge >= 0.3 is 5.69 Å². The van der Waals surface area contributed by atoms with Gasteiger partial charge in [-0.1, -0.05) is 66.7 Å². The molecule has 0 aliphatic carbocycles. The Balaban J connectivity index is 1.31. The molecule has 2 fully saturated rings. The molecule has 15 nitrogen and oxygen atoms in total. The van der Waals surface area contributed by atoms with Crippen molar-refractivity contribution in [3.63, 3.8) is 0 Å². The van der Waals surface area contributed by atoms with E-state index in [1.165, 1.54) is 22.9 Å². The van der Waals surface area contributed by atoms with Gasteiger partial charge in [-0.2, -0.15) is 5.26 Å². The number of H-pyrrole nitrogens is 1.